The minimum absolute atomic E-state index is 0.0648. The molecule has 0 spiro atoms. The zero-order valence-electron chi connectivity index (χ0n) is 16.2. The number of hydrogen-bond acceptors (Lipinski definition) is 7. The number of rotatable bonds is 6. The molecule has 8 heteroatoms. The first-order chi connectivity index (χ1) is 14.0. The van der Waals surface area contributed by atoms with Crippen molar-refractivity contribution in [1.82, 2.24) is 9.55 Å². The minimum atomic E-state index is -0.0916. The van der Waals surface area contributed by atoms with Crippen molar-refractivity contribution in [2.75, 3.05) is 19.0 Å². The van der Waals surface area contributed by atoms with Crippen LogP contribution in [0, 0.1) is 13.8 Å². The highest BCUT2D eigenvalue weighted by molar-refractivity contribution is 7.99. The summed E-state index contributed by atoms with van der Waals surface area (Å²) in [4.78, 5) is 32.2. The standard InChI is InChI=1S/C21H20N2O4S2/c1-4-7-23-20(25)18-12(2)13(3)29-19(18)22-21(23)28-11-15(24)14-5-6-16-17(10-14)27-9-8-26-16/h4-6,10H,1,7-9,11H2,2-3H3. The summed E-state index contributed by atoms with van der Waals surface area (Å²) in [5.74, 6) is 1.33. The van der Waals surface area contributed by atoms with Crippen LogP contribution >= 0.6 is 23.1 Å². The number of carbonyl (C=O) groups is 1. The summed E-state index contributed by atoms with van der Waals surface area (Å²) in [6.07, 6.45) is 1.66. The quantitative estimate of drug-likeness (QED) is 0.256. The van der Waals surface area contributed by atoms with Crippen molar-refractivity contribution in [3.8, 4) is 11.5 Å². The lowest BCUT2D eigenvalue weighted by Gasteiger charge is -2.18. The van der Waals surface area contributed by atoms with E-state index in [-0.39, 0.29) is 17.1 Å². The van der Waals surface area contributed by atoms with Crippen LogP contribution in [0.2, 0.25) is 0 Å². The van der Waals surface area contributed by atoms with Gasteiger partial charge in [-0.1, -0.05) is 17.8 Å². The Balaban J connectivity index is 1.62. The number of ketones is 1. The van der Waals surface area contributed by atoms with E-state index in [1.165, 1.54) is 23.1 Å². The van der Waals surface area contributed by atoms with E-state index in [0.717, 1.165) is 10.4 Å². The molecule has 0 radical (unpaired) electrons. The Kier molecular flexibility index (Phi) is 5.47. The van der Waals surface area contributed by atoms with E-state index in [4.69, 9.17) is 9.47 Å². The summed E-state index contributed by atoms with van der Waals surface area (Å²) in [5, 5.41) is 1.17. The molecule has 6 nitrogen and oxygen atoms in total. The van der Waals surface area contributed by atoms with Crippen LogP contribution in [0.5, 0.6) is 11.5 Å². The summed E-state index contributed by atoms with van der Waals surface area (Å²) < 4.78 is 12.6. The molecular formula is C21H20N2O4S2. The van der Waals surface area contributed by atoms with Crippen LogP contribution in [0.3, 0.4) is 0 Å². The topological polar surface area (TPSA) is 70.4 Å². The van der Waals surface area contributed by atoms with E-state index in [2.05, 4.69) is 11.6 Å². The van der Waals surface area contributed by atoms with Gasteiger partial charge in [-0.15, -0.1) is 17.9 Å². The highest BCUT2D eigenvalue weighted by Gasteiger charge is 2.19. The van der Waals surface area contributed by atoms with Crippen molar-refractivity contribution >= 4 is 39.1 Å². The van der Waals surface area contributed by atoms with Crippen LogP contribution in [0.1, 0.15) is 20.8 Å². The Bertz CT molecular complexity index is 1180. The molecule has 3 heterocycles. The smallest absolute Gasteiger partial charge is 0.263 e. The Morgan fingerprint density at radius 3 is 2.83 bits per heavy atom. The summed E-state index contributed by atoms with van der Waals surface area (Å²) in [7, 11) is 0. The molecule has 0 atom stereocenters. The predicted molar refractivity (Wildman–Crippen MR) is 116 cm³/mol. The first kappa shape index (κ1) is 19.7. The molecule has 1 aliphatic heterocycles. The molecule has 29 heavy (non-hydrogen) atoms. The van der Waals surface area contributed by atoms with Crippen molar-refractivity contribution in [2.45, 2.75) is 25.5 Å². The summed E-state index contributed by atoms with van der Waals surface area (Å²) in [6, 6.07) is 5.19. The number of ether oxygens (including phenoxy) is 2. The molecule has 0 fully saturated rings. The van der Waals surface area contributed by atoms with Gasteiger partial charge < -0.3 is 9.47 Å². The van der Waals surface area contributed by atoms with Crippen molar-refractivity contribution in [1.29, 1.82) is 0 Å². The van der Waals surface area contributed by atoms with Crippen molar-refractivity contribution in [3.63, 3.8) is 0 Å². The molecule has 0 amide bonds. The molecule has 0 aliphatic carbocycles. The second-order valence-electron chi connectivity index (χ2n) is 6.63. The first-order valence-corrected chi connectivity index (χ1v) is 11.0. The lowest BCUT2D eigenvalue weighted by Crippen LogP contribution is -2.23. The molecule has 2 aromatic heterocycles. The van der Waals surface area contributed by atoms with Crippen molar-refractivity contribution in [2.24, 2.45) is 0 Å². The minimum Gasteiger partial charge on any atom is -0.486 e. The fourth-order valence-corrected chi connectivity index (χ4v) is 5.11. The summed E-state index contributed by atoms with van der Waals surface area (Å²) >= 11 is 2.76. The van der Waals surface area contributed by atoms with E-state index < -0.39 is 0 Å². The summed E-state index contributed by atoms with van der Waals surface area (Å²) in [5.41, 5.74) is 1.42. The van der Waals surface area contributed by atoms with Gasteiger partial charge in [0, 0.05) is 17.0 Å². The number of thiophene rings is 1. The zero-order chi connectivity index (χ0) is 20.5. The zero-order valence-corrected chi connectivity index (χ0v) is 17.8. The molecule has 150 valence electrons. The van der Waals surface area contributed by atoms with Crippen molar-refractivity contribution < 1.29 is 14.3 Å². The number of carbonyl (C=O) groups excluding carboxylic acids is 1. The van der Waals surface area contributed by atoms with Crippen LogP contribution in [-0.2, 0) is 6.54 Å². The predicted octanol–water partition coefficient (Wildman–Crippen LogP) is 4.01. The first-order valence-electron chi connectivity index (χ1n) is 9.16. The number of aromatic nitrogens is 2. The number of Topliss-reactive ketones (excluding diaryl/α,β-unsaturated/α-hetero) is 1. The second-order valence-corrected chi connectivity index (χ2v) is 8.78. The third kappa shape index (κ3) is 3.70. The lowest BCUT2D eigenvalue weighted by atomic mass is 10.1. The van der Waals surface area contributed by atoms with Gasteiger partial charge in [-0.25, -0.2) is 4.98 Å². The number of nitrogens with zero attached hydrogens (tertiary/aromatic N) is 2. The maximum atomic E-state index is 13.0. The lowest BCUT2D eigenvalue weighted by molar-refractivity contribution is 0.102. The van der Waals surface area contributed by atoms with Gasteiger partial charge in [0.25, 0.3) is 5.56 Å². The van der Waals surface area contributed by atoms with Crippen LogP contribution in [0.4, 0.5) is 0 Å². The molecular weight excluding hydrogens is 408 g/mol. The Labute approximate surface area is 176 Å². The van der Waals surface area contributed by atoms with Crippen molar-refractivity contribution in [3.05, 3.63) is 57.2 Å². The highest BCUT2D eigenvalue weighted by atomic mass is 32.2. The van der Waals surface area contributed by atoms with Gasteiger partial charge in [0.15, 0.2) is 22.4 Å². The Morgan fingerprint density at radius 1 is 1.31 bits per heavy atom. The van der Waals surface area contributed by atoms with Crippen LogP contribution in [0.15, 0.2) is 40.8 Å². The van der Waals surface area contributed by atoms with Gasteiger partial charge in [-0.05, 0) is 37.6 Å². The number of thioether (sulfide) groups is 1. The van der Waals surface area contributed by atoms with E-state index >= 15 is 0 Å². The monoisotopic (exact) mass is 428 g/mol. The molecule has 1 aliphatic rings. The number of allylic oxidation sites excluding steroid dienone is 1. The average molecular weight is 429 g/mol. The van der Waals surface area contributed by atoms with Gasteiger partial charge in [0.2, 0.25) is 0 Å². The van der Waals surface area contributed by atoms with Crippen LogP contribution < -0.4 is 15.0 Å². The van der Waals surface area contributed by atoms with Gasteiger partial charge in [0.05, 0.1) is 11.1 Å². The fraction of sp³-hybridized carbons (Fsp3) is 0.286. The number of hydrogen-bond donors (Lipinski definition) is 0. The molecule has 0 saturated carbocycles. The molecule has 3 aromatic rings. The number of aryl methyl sites for hydroxylation is 2. The molecule has 0 saturated heterocycles. The summed E-state index contributed by atoms with van der Waals surface area (Å²) in [6.45, 7) is 8.98. The third-order valence-corrected chi connectivity index (χ3v) is 6.84. The highest BCUT2D eigenvalue weighted by Crippen LogP contribution is 2.32. The molecule has 0 N–H and O–H groups in total. The van der Waals surface area contributed by atoms with Crippen LogP contribution in [0.25, 0.3) is 10.2 Å². The maximum Gasteiger partial charge on any atom is 0.263 e. The fourth-order valence-electron chi connectivity index (χ4n) is 3.14. The molecule has 4 rings (SSSR count). The van der Waals surface area contributed by atoms with Crippen LogP contribution in [-0.4, -0.2) is 34.3 Å². The maximum absolute atomic E-state index is 13.0. The average Bonchev–Trinajstić information content (AvgIpc) is 3.02. The number of benzene rings is 1. The van der Waals surface area contributed by atoms with Gasteiger partial charge >= 0.3 is 0 Å². The normalized spacial score (nSPS) is 12.9. The Morgan fingerprint density at radius 2 is 2.07 bits per heavy atom. The van der Waals surface area contributed by atoms with Gasteiger partial charge in [0.1, 0.15) is 18.0 Å². The molecule has 0 bridgehead atoms. The van der Waals surface area contributed by atoms with Gasteiger partial charge in [-0.2, -0.15) is 0 Å². The van der Waals surface area contributed by atoms with E-state index in [9.17, 15) is 9.59 Å². The van der Waals surface area contributed by atoms with E-state index in [1.54, 1.807) is 28.8 Å². The Hall–Kier alpha value is -2.58. The second kappa shape index (κ2) is 8.04. The molecule has 0 unspecified atom stereocenters. The third-order valence-electron chi connectivity index (χ3n) is 4.76. The van der Waals surface area contributed by atoms with E-state index in [0.29, 0.717) is 52.2 Å². The molecule has 1 aromatic carbocycles. The van der Waals surface area contributed by atoms with Gasteiger partial charge in [-0.3, -0.25) is 14.2 Å². The number of fused-ring (bicyclic) bond motifs is 2. The SMILES string of the molecule is C=CCn1c(SCC(=O)c2ccc3c(c2)OCCO3)nc2sc(C)c(C)c2c1=O. The van der Waals surface area contributed by atoms with E-state index in [1.807, 2.05) is 13.8 Å². The largest absolute Gasteiger partial charge is 0.486 e.